The Hall–Kier alpha value is -1.78. The van der Waals surface area contributed by atoms with Crippen molar-refractivity contribution in [1.29, 1.82) is 0 Å². The van der Waals surface area contributed by atoms with Gasteiger partial charge in [-0.15, -0.1) is 0 Å². The number of nitrogens with one attached hydrogen (secondary N) is 1. The van der Waals surface area contributed by atoms with Gasteiger partial charge in [0.1, 0.15) is 0 Å². The van der Waals surface area contributed by atoms with Crippen LogP contribution in [0.5, 0.6) is 0 Å². The first kappa shape index (κ1) is 13.2. The first-order chi connectivity index (χ1) is 9.63. The highest BCUT2D eigenvalue weighted by Crippen LogP contribution is 2.41. The summed E-state index contributed by atoms with van der Waals surface area (Å²) in [5.41, 5.74) is 2.75. The van der Waals surface area contributed by atoms with E-state index < -0.39 is 6.10 Å². The molecule has 0 fully saturated rings. The minimum atomic E-state index is -0.546. The lowest BCUT2D eigenvalue weighted by atomic mass is 10.0. The Kier molecular flexibility index (Phi) is 3.51. The van der Waals surface area contributed by atoms with E-state index in [0.717, 1.165) is 21.7 Å². The van der Waals surface area contributed by atoms with Gasteiger partial charge in [0, 0.05) is 28.8 Å². The van der Waals surface area contributed by atoms with Crippen LogP contribution in [0.15, 0.2) is 52.3 Å². The van der Waals surface area contributed by atoms with E-state index in [1.165, 1.54) is 11.8 Å². The van der Waals surface area contributed by atoms with Crippen molar-refractivity contribution in [1.82, 2.24) is 0 Å². The summed E-state index contributed by atoms with van der Waals surface area (Å²) in [4.78, 5) is 13.3. The van der Waals surface area contributed by atoms with Crippen molar-refractivity contribution in [2.24, 2.45) is 0 Å². The molecule has 0 radical (unpaired) electrons. The molecule has 0 aromatic heterocycles. The number of aliphatic hydroxyl groups excluding tert-OH is 1. The molecule has 3 nitrogen and oxygen atoms in total. The van der Waals surface area contributed by atoms with E-state index in [0.29, 0.717) is 6.42 Å². The maximum atomic E-state index is 11.1. The molecule has 2 aromatic carbocycles. The summed E-state index contributed by atoms with van der Waals surface area (Å²) in [5, 5.41) is 13.2. The molecule has 1 amide bonds. The molecule has 102 valence electrons. The van der Waals surface area contributed by atoms with Gasteiger partial charge in [0.05, 0.1) is 6.10 Å². The molecule has 0 unspecified atom stereocenters. The van der Waals surface area contributed by atoms with Crippen LogP contribution < -0.4 is 5.32 Å². The van der Waals surface area contributed by atoms with Crippen LogP contribution in [0.4, 0.5) is 5.69 Å². The quantitative estimate of drug-likeness (QED) is 0.844. The van der Waals surface area contributed by atoms with Crippen molar-refractivity contribution in [2.75, 3.05) is 5.32 Å². The SMILES string of the molecule is CC(=O)Nc1ccc2c(c1)[C@H](O)Cc1ccccc1S2. The van der Waals surface area contributed by atoms with Crippen molar-refractivity contribution >= 4 is 23.4 Å². The van der Waals surface area contributed by atoms with Gasteiger partial charge in [-0.1, -0.05) is 30.0 Å². The number of rotatable bonds is 1. The molecule has 0 bridgehead atoms. The number of hydrogen-bond acceptors (Lipinski definition) is 3. The summed E-state index contributed by atoms with van der Waals surface area (Å²) >= 11 is 1.66. The molecule has 1 aliphatic heterocycles. The van der Waals surface area contributed by atoms with Gasteiger partial charge >= 0.3 is 0 Å². The van der Waals surface area contributed by atoms with E-state index in [-0.39, 0.29) is 5.91 Å². The second-order valence-corrected chi connectivity index (χ2v) is 5.95. The lowest BCUT2D eigenvalue weighted by molar-refractivity contribution is -0.114. The van der Waals surface area contributed by atoms with E-state index in [1.54, 1.807) is 11.8 Å². The van der Waals surface area contributed by atoms with Crippen molar-refractivity contribution in [3.63, 3.8) is 0 Å². The smallest absolute Gasteiger partial charge is 0.221 e. The molecule has 0 saturated carbocycles. The molecule has 1 heterocycles. The Morgan fingerprint density at radius 3 is 2.85 bits per heavy atom. The van der Waals surface area contributed by atoms with Crippen molar-refractivity contribution in [3.8, 4) is 0 Å². The van der Waals surface area contributed by atoms with Crippen LogP contribution in [0.1, 0.15) is 24.2 Å². The number of carbonyl (C=O) groups excluding carboxylic acids is 1. The van der Waals surface area contributed by atoms with Crippen molar-refractivity contribution in [2.45, 2.75) is 29.2 Å². The molecule has 2 aromatic rings. The van der Waals surface area contributed by atoms with Crippen LogP contribution >= 0.6 is 11.8 Å². The first-order valence-corrected chi connectivity index (χ1v) is 7.30. The highest BCUT2D eigenvalue weighted by atomic mass is 32.2. The fourth-order valence-corrected chi connectivity index (χ4v) is 3.51. The highest BCUT2D eigenvalue weighted by molar-refractivity contribution is 7.99. The summed E-state index contributed by atoms with van der Waals surface area (Å²) < 4.78 is 0. The molecule has 4 heteroatoms. The van der Waals surface area contributed by atoms with Gasteiger partial charge in [0.15, 0.2) is 0 Å². The molecule has 0 saturated heterocycles. The Morgan fingerprint density at radius 2 is 2.05 bits per heavy atom. The summed E-state index contributed by atoms with van der Waals surface area (Å²) in [7, 11) is 0. The predicted molar refractivity (Wildman–Crippen MR) is 80.0 cm³/mol. The molecule has 20 heavy (non-hydrogen) atoms. The third kappa shape index (κ3) is 2.57. The monoisotopic (exact) mass is 285 g/mol. The van der Waals surface area contributed by atoms with Crippen molar-refractivity contribution < 1.29 is 9.90 Å². The van der Waals surface area contributed by atoms with E-state index in [4.69, 9.17) is 0 Å². The summed E-state index contributed by atoms with van der Waals surface area (Å²) in [6, 6.07) is 13.8. The zero-order chi connectivity index (χ0) is 14.1. The molecule has 0 aliphatic carbocycles. The fourth-order valence-electron chi connectivity index (χ4n) is 2.39. The third-order valence-corrected chi connectivity index (χ3v) is 4.50. The van der Waals surface area contributed by atoms with Gasteiger partial charge < -0.3 is 10.4 Å². The summed E-state index contributed by atoms with van der Waals surface area (Å²) in [6.07, 6.45) is 0.0505. The first-order valence-electron chi connectivity index (χ1n) is 6.49. The fraction of sp³-hybridized carbons (Fsp3) is 0.188. The minimum absolute atomic E-state index is 0.107. The number of amides is 1. The Bertz CT molecular complexity index is 669. The number of fused-ring (bicyclic) bond motifs is 2. The largest absolute Gasteiger partial charge is 0.388 e. The third-order valence-electron chi connectivity index (χ3n) is 3.29. The highest BCUT2D eigenvalue weighted by Gasteiger charge is 2.21. The van der Waals surface area contributed by atoms with Crippen LogP contribution in [-0.4, -0.2) is 11.0 Å². The zero-order valence-electron chi connectivity index (χ0n) is 11.1. The lowest BCUT2D eigenvalue weighted by Gasteiger charge is -2.13. The second-order valence-electron chi connectivity index (χ2n) is 4.86. The van der Waals surface area contributed by atoms with Crippen LogP contribution in [0.2, 0.25) is 0 Å². The number of anilines is 1. The number of benzene rings is 2. The van der Waals surface area contributed by atoms with E-state index >= 15 is 0 Å². The molecule has 1 atom stereocenters. The number of hydrogen-bond donors (Lipinski definition) is 2. The van der Waals surface area contributed by atoms with Gasteiger partial charge in [0.2, 0.25) is 5.91 Å². The van der Waals surface area contributed by atoms with Crippen LogP contribution in [0.25, 0.3) is 0 Å². The molecular weight excluding hydrogens is 270 g/mol. The Labute approximate surface area is 122 Å². The summed E-state index contributed by atoms with van der Waals surface area (Å²) in [6.45, 7) is 1.48. The van der Waals surface area contributed by atoms with E-state index in [2.05, 4.69) is 11.4 Å². The maximum Gasteiger partial charge on any atom is 0.221 e. The number of aliphatic hydroxyl groups is 1. The van der Waals surface area contributed by atoms with Gasteiger partial charge in [-0.2, -0.15) is 0 Å². The average Bonchev–Trinajstić information content (AvgIpc) is 2.54. The van der Waals surface area contributed by atoms with Crippen LogP contribution in [0.3, 0.4) is 0 Å². The van der Waals surface area contributed by atoms with Crippen molar-refractivity contribution in [3.05, 3.63) is 53.6 Å². The van der Waals surface area contributed by atoms with Gasteiger partial charge in [-0.25, -0.2) is 0 Å². The predicted octanol–water partition coefficient (Wildman–Crippen LogP) is 3.39. The van der Waals surface area contributed by atoms with Gasteiger partial charge in [-0.3, -0.25) is 4.79 Å². The maximum absolute atomic E-state index is 11.1. The molecule has 1 aliphatic rings. The van der Waals surface area contributed by atoms with Gasteiger partial charge in [0.25, 0.3) is 0 Å². The number of carbonyl (C=O) groups is 1. The van der Waals surface area contributed by atoms with E-state index in [9.17, 15) is 9.90 Å². The normalized spacial score (nSPS) is 16.8. The molecular formula is C16H15NO2S. The molecule has 2 N–H and O–H groups in total. The van der Waals surface area contributed by atoms with Crippen LogP contribution in [0, 0.1) is 0 Å². The van der Waals surface area contributed by atoms with E-state index in [1.807, 2.05) is 36.4 Å². The lowest BCUT2D eigenvalue weighted by Crippen LogP contribution is -2.07. The van der Waals surface area contributed by atoms with Gasteiger partial charge in [-0.05, 0) is 35.4 Å². The molecule has 0 spiro atoms. The minimum Gasteiger partial charge on any atom is -0.388 e. The Morgan fingerprint density at radius 1 is 1.25 bits per heavy atom. The zero-order valence-corrected chi connectivity index (χ0v) is 11.9. The summed E-state index contributed by atoms with van der Waals surface area (Å²) in [5.74, 6) is -0.107. The Balaban J connectivity index is 2.02. The molecule has 3 rings (SSSR count). The standard InChI is InChI=1S/C16H15NO2S/c1-10(18)17-12-6-7-16-13(9-12)14(19)8-11-4-2-3-5-15(11)20-16/h2-7,9,14,19H,8H2,1H3,(H,17,18)/t14-/m1/s1. The van der Waals surface area contributed by atoms with Crippen LogP contribution in [-0.2, 0) is 11.2 Å². The topological polar surface area (TPSA) is 49.3 Å². The average molecular weight is 285 g/mol. The second kappa shape index (κ2) is 5.31.